The molecule has 2 heterocycles. The monoisotopic (exact) mass is 330 g/mol. The van der Waals surface area contributed by atoms with Crippen LogP contribution in [0.3, 0.4) is 0 Å². The molecule has 0 aromatic carbocycles. The number of thiophene rings is 1. The van der Waals surface area contributed by atoms with Gasteiger partial charge in [0.2, 0.25) is 0 Å². The summed E-state index contributed by atoms with van der Waals surface area (Å²) in [6.07, 6.45) is 3.33. The first-order valence-electron chi connectivity index (χ1n) is 6.42. The number of amides is 1. The Morgan fingerprint density at radius 1 is 1.61 bits per heavy atom. The zero-order valence-electron chi connectivity index (χ0n) is 10.6. The van der Waals surface area contributed by atoms with Gasteiger partial charge in [0.05, 0.1) is 8.66 Å². The highest BCUT2D eigenvalue weighted by atomic mass is 79.9. The fourth-order valence-corrected chi connectivity index (χ4v) is 3.91. The minimum atomic E-state index is 0.135. The second-order valence-corrected chi connectivity index (χ2v) is 7.25. The van der Waals surface area contributed by atoms with Crippen LogP contribution in [0.25, 0.3) is 0 Å². The molecule has 1 aliphatic heterocycles. The molecule has 2 rings (SSSR count). The number of halogens is 1. The zero-order valence-corrected chi connectivity index (χ0v) is 13.0. The van der Waals surface area contributed by atoms with Crippen molar-refractivity contribution in [1.82, 2.24) is 4.90 Å². The third-order valence-electron chi connectivity index (χ3n) is 3.72. The Balaban J connectivity index is 2.10. The summed E-state index contributed by atoms with van der Waals surface area (Å²) in [6.45, 7) is 3.62. The minimum Gasteiger partial charge on any atom is -0.334 e. The maximum Gasteiger partial charge on any atom is 0.264 e. The second kappa shape index (κ2) is 6.17. The van der Waals surface area contributed by atoms with Gasteiger partial charge < -0.3 is 10.6 Å². The van der Waals surface area contributed by atoms with Crippen LogP contribution in [0.1, 0.15) is 35.9 Å². The molecule has 2 N–H and O–H groups in total. The summed E-state index contributed by atoms with van der Waals surface area (Å²) in [5.41, 5.74) is 5.83. The van der Waals surface area contributed by atoms with Crippen LogP contribution in [-0.2, 0) is 0 Å². The summed E-state index contributed by atoms with van der Waals surface area (Å²) in [5.74, 6) is 0.855. The number of hydrogen-bond acceptors (Lipinski definition) is 3. The van der Waals surface area contributed by atoms with Crippen LogP contribution < -0.4 is 5.73 Å². The fraction of sp³-hybridized carbons (Fsp3) is 0.615. The Bertz CT molecular complexity index is 421. The molecule has 0 spiro atoms. The van der Waals surface area contributed by atoms with Gasteiger partial charge in [-0.25, -0.2) is 0 Å². The van der Waals surface area contributed by atoms with E-state index in [1.807, 2.05) is 17.0 Å². The van der Waals surface area contributed by atoms with Gasteiger partial charge in [-0.05, 0) is 46.8 Å². The van der Waals surface area contributed by atoms with Crippen molar-refractivity contribution >= 4 is 33.2 Å². The summed E-state index contributed by atoms with van der Waals surface area (Å²) in [5, 5.41) is 0. The maximum absolute atomic E-state index is 12.4. The lowest BCUT2D eigenvalue weighted by Gasteiger charge is -2.38. The smallest absolute Gasteiger partial charge is 0.264 e. The van der Waals surface area contributed by atoms with E-state index < -0.39 is 0 Å². The molecule has 1 amide bonds. The molecule has 5 heteroatoms. The van der Waals surface area contributed by atoms with Gasteiger partial charge >= 0.3 is 0 Å². The normalized spacial score (nSPS) is 24.3. The summed E-state index contributed by atoms with van der Waals surface area (Å²) in [6, 6.07) is 4.02. The summed E-state index contributed by atoms with van der Waals surface area (Å²) in [4.78, 5) is 15.2. The average Bonchev–Trinajstić information content (AvgIpc) is 2.83. The average molecular weight is 331 g/mol. The Hall–Kier alpha value is -0.390. The van der Waals surface area contributed by atoms with Gasteiger partial charge in [-0.3, -0.25) is 4.79 Å². The third kappa shape index (κ3) is 2.95. The summed E-state index contributed by atoms with van der Waals surface area (Å²) < 4.78 is 0.999. The molecule has 3 nitrogen and oxygen atoms in total. The highest BCUT2D eigenvalue weighted by Crippen LogP contribution is 2.29. The van der Waals surface area contributed by atoms with Gasteiger partial charge in [0.25, 0.3) is 5.91 Å². The number of rotatable bonds is 3. The van der Waals surface area contributed by atoms with Crippen LogP contribution in [0.15, 0.2) is 15.9 Å². The van der Waals surface area contributed by atoms with Crippen molar-refractivity contribution in [3.05, 3.63) is 20.8 Å². The van der Waals surface area contributed by atoms with Gasteiger partial charge in [0.15, 0.2) is 0 Å². The first-order valence-corrected chi connectivity index (χ1v) is 8.03. The van der Waals surface area contributed by atoms with Crippen molar-refractivity contribution in [2.75, 3.05) is 13.1 Å². The number of likely N-dealkylation sites (tertiary alicyclic amines) is 1. The number of carbonyl (C=O) groups excluding carboxylic acids is 1. The molecule has 1 aromatic heterocycles. The van der Waals surface area contributed by atoms with E-state index >= 15 is 0 Å². The van der Waals surface area contributed by atoms with E-state index in [0.29, 0.717) is 6.54 Å². The SMILES string of the molecule is CCC1CCN(C(=O)c2ccc(Br)s2)C(CN)C1. The second-order valence-electron chi connectivity index (χ2n) is 4.79. The topological polar surface area (TPSA) is 46.3 Å². The minimum absolute atomic E-state index is 0.135. The van der Waals surface area contributed by atoms with E-state index in [9.17, 15) is 4.79 Å². The lowest BCUT2D eigenvalue weighted by Crippen LogP contribution is -2.49. The van der Waals surface area contributed by atoms with E-state index in [0.717, 1.165) is 34.0 Å². The number of nitrogens with two attached hydrogens (primary N) is 1. The molecule has 0 radical (unpaired) electrons. The molecular formula is C13H19BrN2OS. The molecule has 2 atom stereocenters. The van der Waals surface area contributed by atoms with Gasteiger partial charge in [-0.2, -0.15) is 0 Å². The Morgan fingerprint density at radius 3 is 2.94 bits per heavy atom. The Labute approximate surface area is 120 Å². The van der Waals surface area contributed by atoms with Crippen LogP contribution in [0, 0.1) is 5.92 Å². The van der Waals surface area contributed by atoms with Gasteiger partial charge in [-0.1, -0.05) is 13.3 Å². The molecule has 0 bridgehead atoms. The third-order valence-corrected chi connectivity index (χ3v) is 5.33. The zero-order chi connectivity index (χ0) is 13.1. The van der Waals surface area contributed by atoms with Crippen LogP contribution in [0.2, 0.25) is 0 Å². The molecule has 0 saturated carbocycles. The van der Waals surface area contributed by atoms with E-state index in [4.69, 9.17) is 5.73 Å². The van der Waals surface area contributed by atoms with Gasteiger partial charge in [0, 0.05) is 19.1 Å². The predicted octanol–water partition coefficient (Wildman–Crippen LogP) is 3.10. The number of carbonyl (C=O) groups is 1. The molecule has 1 fully saturated rings. The van der Waals surface area contributed by atoms with E-state index in [1.54, 1.807) is 0 Å². The standard InChI is InChI=1S/C13H19BrN2OS/c1-2-9-5-6-16(10(7-9)8-15)13(17)11-3-4-12(14)18-11/h3-4,9-10H,2,5-8,15H2,1H3. The molecule has 1 saturated heterocycles. The molecule has 2 unspecified atom stereocenters. The van der Waals surface area contributed by atoms with E-state index in [-0.39, 0.29) is 11.9 Å². The van der Waals surface area contributed by atoms with Crippen LogP contribution in [0.4, 0.5) is 0 Å². The van der Waals surface area contributed by atoms with Crippen LogP contribution >= 0.6 is 27.3 Å². The number of nitrogens with zero attached hydrogens (tertiary/aromatic N) is 1. The predicted molar refractivity (Wildman–Crippen MR) is 78.9 cm³/mol. The quantitative estimate of drug-likeness (QED) is 0.925. The lowest BCUT2D eigenvalue weighted by molar-refractivity contribution is 0.0563. The van der Waals surface area contributed by atoms with Gasteiger partial charge in [0.1, 0.15) is 0 Å². The van der Waals surface area contributed by atoms with Crippen molar-refractivity contribution < 1.29 is 4.79 Å². The molecule has 0 aliphatic carbocycles. The Morgan fingerprint density at radius 2 is 2.39 bits per heavy atom. The molecule has 18 heavy (non-hydrogen) atoms. The largest absolute Gasteiger partial charge is 0.334 e. The fourth-order valence-electron chi connectivity index (χ4n) is 2.57. The molecule has 100 valence electrons. The van der Waals surface area contributed by atoms with Crippen molar-refractivity contribution in [2.45, 2.75) is 32.2 Å². The number of hydrogen-bond donors (Lipinski definition) is 1. The van der Waals surface area contributed by atoms with Crippen LogP contribution in [-0.4, -0.2) is 29.9 Å². The molecule has 1 aromatic rings. The van der Waals surface area contributed by atoms with E-state index in [1.165, 1.54) is 17.8 Å². The highest BCUT2D eigenvalue weighted by molar-refractivity contribution is 9.11. The first-order chi connectivity index (χ1) is 8.65. The summed E-state index contributed by atoms with van der Waals surface area (Å²) >= 11 is 4.89. The highest BCUT2D eigenvalue weighted by Gasteiger charge is 2.30. The van der Waals surface area contributed by atoms with E-state index in [2.05, 4.69) is 22.9 Å². The van der Waals surface area contributed by atoms with Crippen molar-refractivity contribution in [3.63, 3.8) is 0 Å². The van der Waals surface area contributed by atoms with Crippen molar-refractivity contribution in [1.29, 1.82) is 0 Å². The number of piperidine rings is 1. The van der Waals surface area contributed by atoms with Crippen molar-refractivity contribution in [2.24, 2.45) is 11.7 Å². The molecular weight excluding hydrogens is 312 g/mol. The van der Waals surface area contributed by atoms with Crippen LogP contribution in [0.5, 0.6) is 0 Å². The molecule has 1 aliphatic rings. The Kier molecular flexibility index (Phi) is 4.81. The van der Waals surface area contributed by atoms with Crippen molar-refractivity contribution in [3.8, 4) is 0 Å². The summed E-state index contributed by atoms with van der Waals surface area (Å²) in [7, 11) is 0. The van der Waals surface area contributed by atoms with Gasteiger partial charge in [-0.15, -0.1) is 11.3 Å². The maximum atomic E-state index is 12.4. The lowest BCUT2D eigenvalue weighted by atomic mass is 9.89. The first kappa shape index (κ1) is 14.0.